The van der Waals surface area contributed by atoms with Crippen LogP contribution in [0.25, 0.3) is 22.3 Å². The zero-order valence-electron chi connectivity index (χ0n) is 14.6. The molecule has 5 heteroatoms. The van der Waals surface area contributed by atoms with Crippen molar-refractivity contribution in [1.29, 1.82) is 0 Å². The van der Waals surface area contributed by atoms with E-state index < -0.39 is 0 Å². The van der Waals surface area contributed by atoms with Gasteiger partial charge in [0.2, 0.25) is 0 Å². The standard InChI is InChI=1S/C21H19N3OS/c1-14(2)25-15-11-12-22-19(13-15)16-7-3-6-10-20(16)26-21-23-17-8-4-5-9-18(17)24-21/h3-14H,1-2H3,(H,23,24). The van der Waals surface area contributed by atoms with Crippen LogP contribution < -0.4 is 4.74 Å². The number of aromatic amines is 1. The second-order valence-corrected chi connectivity index (χ2v) is 7.23. The lowest BCUT2D eigenvalue weighted by Crippen LogP contribution is -2.05. The summed E-state index contributed by atoms with van der Waals surface area (Å²) in [6, 6.07) is 20.1. The second kappa shape index (κ2) is 7.22. The molecule has 0 spiro atoms. The van der Waals surface area contributed by atoms with Crippen LogP contribution in [0.1, 0.15) is 13.8 Å². The Morgan fingerprint density at radius 3 is 2.65 bits per heavy atom. The third kappa shape index (κ3) is 3.58. The fraction of sp³-hybridized carbons (Fsp3) is 0.143. The summed E-state index contributed by atoms with van der Waals surface area (Å²) in [6.45, 7) is 4.04. The minimum absolute atomic E-state index is 0.130. The van der Waals surface area contributed by atoms with Crippen LogP contribution in [-0.4, -0.2) is 21.1 Å². The molecule has 0 aliphatic heterocycles. The van der Waals surface area contributed by atoms with E-state index >= 15 is 0 Å². The molecule has 0 unspecified atom stereocenters. The number of aromatic nitrogens is 3. The highest BCUT2D eigenvalue weighted by Gasteiger charge is 2.11. The Morgan fingerprint density at radius 2 is 1.81 bits per heavy atom. The van der Waals surface area contributed by atoms with E-state index in [-0.39, 0.29) is 6.10 Å². The Bertz CT molecular complexity index is 1010. The SMILES string of the molecule is CC(C)Oc1ccnc(-c2ccccc2Sc2nc3ccccc3[nH]2)c1. The van der Waals surface area contributed by atoms with Crippen LogP contribution in [0.5, 0.6) is 5.75 Å². The van der Waals surface area contributed by atoms with Gasteiger partial charge in [-0.15, -0.1) is 0 Å². The molecule has 0 aliphatic rings. The molecule has 0 amide bonds. The molecular weight excluding hydrogens is 342 g/mol. The maximum atomic E-state index is 5.81. The molecule has 0 saturated heterocycles. The van der Waals surface area contributed by atoms with Crippen molar-refractivity contribution in [2.75, 3.05) is 0 Å². The van der Waals surface area contributed by atoms with Gasteiger partial charge in [0, 0.05) is 22.7 Å². The number of para-hydroxylation sites is 2. The predicted octanol–water partition coefficient (Wildman–Crippen LogP) is 5.56. The highest BCUT2D eigenvalue weighted by atomic mass is 32.2. The van der Waals surface area contributed by atoms with Crippen LogP contribution in [-0.2, 0) is 0 Å². The summed E-state index contributed by atoms with van der Waals surface area (Å²) in [5.41, 5.74) is 3.96. The molecule has 0 atom stereocenters. The number of hydrogen-bond donors (Lipinski definition) is 1. The number of benzene rings is 2. The first kappa shape index (κ1) is 16.7. The molecule has 0 radical (unpaired) electrons. The molecule has 0 aliphatic carbocycles. The number of pyridine rings is 1. The number of nitrogens with zero attached hydrogens (tertiary/aromatic N) is 2. The highest BCUT2D eigenvalue weighted by molar-refractivity contribution is 7.99. The number of rotatable bonds is 5. The topological polar surface area (TPSA) is 50.8 Å². The van der Waals surface area contributed by atoms with Crippen LogP contribution in [0.15, 0.2) is 76.9 Å². The van der Waals surface area contributed by atoms with Crippen molar-refractivity contribution < 1.29 is 4.74 Å². The maximum Gasteiger partial charge on any atom is 0.171 e. The Morgan fingerprint density at radius 1 is 1.00 bits per heavy atom. The van der Waals surface area contributed by atoms with E-state index in [1.807, 2.05) is 62.4 Å². The number of nitrogens with one attached hydrogen (secondary N) is 1. The third-order valence-electron chi connectivity index (χ3n) is 3.84. The van der Waals surface area contributed by atoms with Crippen molar-refractivity contribution in [2.45, 2.75) is 30.0 Å². The average Bonchev–Trinajstić information content (AvgIpc) is 3.04. The highest BCUT2D eigenvalue weighted by Crippen LogP contribution is 2.35. The minimum Gasteiger partial charge on any atom is -0.491 e. The summed E-state index contributed by atoms with van der Waals surface area (Å²) in [4.78, 5) is 13.7. The normalized spacial score (nSPS) is 11.2. The molecule has 0 fully saturated rings. The van der Waals surface area contributed by atoms with Gasteiger partial charge in [0.25, 0.3) is 0 Å². The van der Waals surface area contributed by atoms with Gasteiger partial charge in [0.1, 0.15) is 5.75 Å². The molecule has 1 N–H and O–H groups in total. The molecule has 2 aromatic heterocycles. The molecule has 4 nitrogen and oxygen atoms in total. The zero-order chi connectivity index (χ0) is 17.9. The van der Waals surface area contributed by atoms with Crippen LogP contribution in [0.3, 0.4) is 0 Å². The monoisotopic (exact) mass is 361 g/mol. The van der Waals surface area contributed by atoms with E-state index in [0.29, 0.717) is 0 Å². The van der Waals surface area contributed by atoms with Gasteiger partial charge in [-0.05, 0) is 38.1 Å². The largest absolute Gasteiger partial charge is 0.491 e. The van der Waals surface area contributed by atoms with E-state index in [0.717, 1.165) is 38.1 Å². The summed E-state index contributed by atoms with van der Waals surface area (Å²) in [6.07, 6.45) is 1.92. The van der Waals surface area contributed by atoms with Crippen LogP contribution in [0.4, 0.5) is 0 Å². The summed E-state index contributed by atoms with van der Waals surface area (Å²) < 4.78 is 5.81. The van der Waals surface area contributed by atoms with Gasteiger partial charge < -0.3 is 9.72 Å². The van der Waals surface area contributed by atoms with Gasteiger partial charge in [0.15, 0.2) is 5.16 Å². The Hall–Kier alpha value is -2.79. The van der Waals surface area contributed by atoms with E-state index in [2.05, 4.69) is 27.1 Å². The lowest BCUT2D eigenvalue weighted by molar-refractivity contribution is 0.242. The lowest BCUT2D eigenvalue weighted by Gasteiger charge is -2.12. The molecule has 2 aromatic carbocycles. The quantitative estimate of drug-likeness (QED) is 0.505. The molecule has 0 saturated carbocycles. The van der Waals surface area contributed by atoms with Crippen molar-refractivity contribution in [3.05, 3.63) is 66.9 Å². The van der Waals surface area contributed by atoms with Crippen LogP contribution in [0, 0.1) is 0 Å². The second-order valence-electron chi connectivity index (χ2n) is 6.20. The first-order chi connectivity index (χ1) is 12.7. The van der Waals surface area contributed by atoms with Crippen LogP contribution in [0.2, 0.25) is 0 Å². The van der Waals surface area contributed by atoms with Crippen molar-refractivity contribution in [2.24, 2.45) is 0 Å². The van der Waals surface area contributed by atoms with E-state index in [9.17, 15) is 0 Å². The lowest BCUT2D eigenvalue weighted by atomic mass is 10.1. The summed E-state index contributed by atoms with van der Waals surface area (Å²) in [7, 11) is 0. The van der Waals surface area contributed by atoms with Crippen molar-refractivity contribution in [3.8, 4) is 17.0 Å². The number of fused-ring (bicyclic) bond motifs is 1. The Kier molecular flexibility index (Phi) is 4.63. The first-order valence-electron chi connectivity index (χ1n) is 8.54. The van der Waals surface area contributed by atoms with Crippen molar-refractivity contribution in [3.63, 3.8) is 0 Å². The van der Waals surface area contributed by atoms with Gasteiger partial charge in [-0.1, -0.05) is 42.1 Å². The van der Waals surface area contributed by atoms with Crippen LogP contribution >= 0.6 is 11.8 Å². The first-order valence-corrected chi connectivity index (χ1v) is 9.35. The molecule has 130 valence electrons. The molecular formula is C21H19N3OS. The van der Waals surface area contributed by atoms with Gasteiger partial charge in [-0.2, -0.15) is 0 Å². The van der Waals surface area contributed by atoms with E-state index in [4.69, 9.17) is 4.74 Å². The molecule has 0 bridgehead atoms. The summed E-state index contributed by atoms with van der Waals surface area (Å²) >= 11 is 1.61. The van der Waals surface area contributed by atoms with Gasteiger partial charge in [-0.25, -0.2) is 4.98 Å². The fourth-order valence-electron chi connectivity index (χ4n) is 2.75. The maximum absolute atomic E-state index is 5.81. The summed E-state index contributed by atoms with van der Waals surface area (Å²) in [5, 5.41) is 0.869. The van der Waals surface area contributed by atoms with E-state index in [1.54, 1.807) is 18.0 Å². The molecule has 4 aromatic rings. The predicted molar refractivity (Wildman–Crippen MR) is 106 cm³/mol. The average molecular weight is 361 g/mol. The molecule has 26 heavy (non-hydrogen) atoms. The summed E-state index contributed by atoms with van der Waals surface area (Å²) in [5.74, 6) is 0.827. The van der Waals surface area contributed by atoms with E-state index in [1.165, 1.54) is 0 Å². The Labute approximate surface area is 156 Å². The van der Waals surface area contributed by atoms with Gasteiger partial charge in [-0.3, -0.25) is 4.98 Å². The third-order valence-corrected chi connectivity index (χ3v) is 4.80. The number of hydrogen-bond acceptors (Lipinski definition) is 4. The number of imidazole rings is 1. The Balaban J connectivity index is 1.68. The zero-order valence-corrected chi connectivity index (χ0v) is 15.5. The fourth-order valence-corrected chi connectivity index (χ4v) is 3.70. The molecule has 4 rings (SSSR count). The van der Waals surface area contributed by atoms with Gasteiger partial charge in [0.05, 0.1) is 22.8 Å². The van der Waals surface area contributed by atoms with Crippen molar-refractivity contribution in [1.82, 2.24) is 15.0 Å². The number of H-pyrrole nitrogens is 1. The van der Waals surface area contributed by atoms with Gasteiger partial charge >= 0.3 is 0 Å². The molecule has 2 heterocycles. The number of ether oxygens (including phenoxy) is 1. The minimum atomic E-state index is 0.130. The van der Waals surface area contributed by atoms with Crippen molar-refractivity contribution >= 4 is 22.8 Å². The smallest absolute Gasteiger partial charge is 0.171 e.